The molecule has 108 valence electrons. The Bertz CT molecular complexity index is 462. The Balaban J connectivity index is 2.50. The Morgan fingerprint density at radius 3 is 2.20 bits per heavy atom. The molecule has 1 aromatic rings. The summed E-state index contributed by atoms with van der Waals surface area (Å²) in [5.74, 6) is 0. The van der Waals surface area contributed by atoms with Crippen molar-refractivity contribution in [2.45, 2.75) is 0 Å². The van der Waals surface area contributed by atoms with Gasteiger partial charge in [-0.05, 0) is 24.3 Å². The van der Waals surface area contributed by atoms with Gasteiger partial charge in [-0.1, -0.05) is 5.22 Å². The van der Waals surface area contributed by atoms with Crippen LogP contribution in [0.4, 0.5) is 11.4 Å². The molecule has 1 aromatic carbocycles. The highest BCUT2D eigenvalue weighted by Gasteiger charge is 1.92. The van der Waals surface area contributed by atoms with Crippen LogP contribution in [0.3, 0.4) is 0 Å². The predicted molar refractivity (Wildman–Crippen MR) is 80.0 cm³/mol. The molecule has 0 heterocycles. The van der Waals surface area contributed by atoms with Gasteiger partial charge in [0.2, 0.25) is 0 Å². The van der Waals surface area contributed by atoms with E-state index in [1.807, 2.05) is 69.8 Å². The lowest BCUT2D eigenvalue weighted by Gasteiger charge is -2.08. The molecule has 7 nitrogen and oxygen atoms in total. The van der Waals surface area contributed by atoms with E-state index in [1.54, 1.807) is 5.01 Å². The summed E-state index contributed by atoms with van der Waals surface area (Å²) in [6.45, 7) is 0.500. The van der Waals surface area contributed by atoms with E-state index in [1.165, 1.54) is 0 Å². The van der Waals surface area contributed by atoms with E-state index in [0.717, 1.165) is 11.4 Å². The van der Waals surface area contributed by atoms with Gasteiger partial charge in [0, 0.05) is 40.6 Å². The summed E-state index contributed by atoms with van der Waals surface area (Å²) in [4.78, 5) is 1.92. The standard InChI is InChI=1S/C13H21N7/c1-14-9-10-20(4)11-15-16-12-5-7-13(8-6-12)17-18-19(2)3/h5-10,14H,11H2,1-4H3/b10-9-,16-15?,18-17?. The molecule has 0 unspecified atom stereocenters. The van der Waals surface area contributed by atoms with E-state index in [2.05, 4.69) is 25.9 Å². The maximum absolute atomic E-state index is 4.14. The van der Waals surface area contributed by atoms with Gasteiger partial charge in [0.25, 0.3) is 0 Å². The minimum absolute atomic E-state index is 0.500. The van der Waals surface area contributed by atoms with Crippen molar-refractivity contribution in [3.8, 4) is 0 Å². The van der Waals surface area contributed by atoms with Crippen molar-refractivity contribution < 1.29 is 0 Å². The van der Waals surface area contributed by atoms with Crippen LogP contribution in [0.1, 0.15) is 0 Å². The van der Waals surface area contributed by atoms with Gasteiger partial charge >= 0.3 is 0 Å². The Labute approximate surface area is 119 Å². The van der Waals surface area contributed by atoms with Gasteiger partial charge < -0.3 is 10.2 Å². The minimum atomic E-state index is 0.500. The number of benzene rings is 1. The highest BCUT2D eigenvalue weighted by Crippen LogP contribution is 2.19. The number of nitrogens with zero attached hydrogens (tertiary/aromatic N) is 6. The lowest BCUT2D eigenvalue weighted by molar-refractivity contribution is 0.408. The molecular formula is C13H21N7. The van der Waals surface area contributed by atoms with Gasteiger partial charge in [-0.25, -0.2) is 0 Å². The first-order valence-corrected chi connectivity index (χ1v) is 6.22. The zero-order valence-corrected chi connectivity index (χ0v) is 12.4. The topological polar surface area (TPSA) is 67.9 Å². The van der Waals surface area contributed by atoms with Crippen LogP contribution in [0.2, 0.25) is 0 Å². The van der Waals surface area contributed by atoms with Crippen LogP contribution in [0.15, 0.2) is 57.2 Å². The molecule has 0 amide bonds. The SMILES string of the molecule is CN/C=C\N(C)CN=Nc1ccc(N=NN(C)C)cc1. The van der Waals surface area contributed by atoms with Crippen LogP contribution in [-0.4, -0.2) is 44.8 Å². The molecule has 0 radical (unpaired) electrons. The quantitative estimate of drug-likeness (QED) is 0.614. The second-order valence-corrected chi connectivity index (χ2v) is 4.30. The highest BCUT2D eigenvalue weighted by atomic mass is 15.5. The van der Waals surface area contributed by atoms with Gasteiger partial charge in [0.1, 0.15) is 6.67 Å². The Hall–Kier alpha value is -2.44. The summed E-state index contributed by atoms with van der Waals surface area (Å²) in [6.07, 6.45) is 3.73. The lowest BCUT2D eigenvalue weighted by Crippen LogP contribution is -2.11. The fourth-order valence-corrected chi connectivity index (χ4v) is 1.19. The van der Waals surface area contributed by atoms with E-state index < -0.39 is 0 Å². The van der Waals surface area contributed by atoms with Crippen molar-refractivity contribution in [3.05, 3.63) is 36.7 Å². The van der Waals surface area contributed by atoms with E-state index in [0.29, 0.717) is 6.67 Å². The molecule has 20 heavy (non-hydrogen) atoms. The summed E-state index contributed by atoms with van der Waals surface area (Å²) in [5, 5.41) is 20.8. The second-order valence-electron chi connectivity index (χ2n) is 4.30. The zero-order valence-electron chi connectivity index (χ0n) is 12.4. The molecule has 0 fully saturated rings. The molecule has 0 aliphatic carbocycles. The monoisotopic (exact) mass is 275 g/mol. The third kappa shape index (κ3) is 6.48. The number of nitrogens with one attached hydrogen (secondary N) is 1. The molecule has 7 heteroatoms. The van der Waals surface area contributed by atoms with E-state index in [9.17, 15) is 0 Å². The average Bonchev–Trinajstić information content (AvgIpc) is 2.44. The predicted octanol–water partition coefficient (Wildman–Crippen LogP) is 2.91. The fourth-order valence-electron chi connectivity index (χ4n) is 1.19. The summed E-state index contributed by atoms with van der Waals surface area (Å²) < 4.78 is 0. The minimum Gasteiger partial charge on any atom is -0.393 e. The van der Waals surface area contributed by atoms with E-state index >= 15 is 0 Å². The maximum atomic E-state index is 4.14. The van der Waals surface area contributed by atoms with Crippen molar-refractivity contribution in [1.29, 1.82) is 0 Å². The zero-order chi connectivity index (χ0) is 14.8. The summed E-state index contributed by atoms with van der Waals surface area (Å²) in [6, 6.07) is 7.42. The third-order valence-corrected chi connectivity index (χ3v) is 2.16. The maximum Gasteiger partial charge on any atom is 0.131 e. The molecular weight excluding hydrogens is 254 g/mol. The second kappa shape index (κ2) is 8.63. The van der Waals surface area contributed by atoms with Crippen LogP contribution in [-0.2, 0) is 0 Å². The Kier molecular flexibility index (Phi) is 6.74. The first-order chi connectivity index (χ1) is 9.61. The molecule has 0 aromatic heterocycles. The molecule has 1 rings (SSSR count). The van der Waals surface area contributed by atoms with Crippen LogP contribution >= 0.6 is 0 Å². The first kappa shape index (κ1) is 15.6. The number of hydrogen-bond acceptors (Lipinski definition) is 6. The van der Waals surface area contributed by atoms with Crippen LogP contribution < -0.4 is 5.32 Å². The third-order valence-electron chi connectivity index (χ3n) is 2.16. The molecule has 1 N–H and O–H groups in total. The van der Waals surface area contributed by atoms with Crippen molar-refractivity contribution in [1.82, 2.24) is 15.2 Å². The fraction of sp³-hybridized carbons (Fsp3) is 0.385. The largest absolute Gasteiger partial charge is 0.393 e. The van der Waals surface area contributed by atoms with Gasteiger partial charge in [-0.3, -0.25) is 5.01 Å². The molecule has 0 saturated heterocycles. The van der Waals surface area contributed by atoms with Gasteiger partial charge in [-0.15, -0.1) is 5.11 Å². The van der Waals surface area contributed by atoms with Crippen LogP contribution in [0.5, 0.6) is 0 Å². The van der Waals surface area contributed by atoms with Gasteiger partial charge in [-0.2, -0.15) is 10.2 Å². The average molecular weight is 275 g/mol. The Morgan fingerprint density at radius 1 is 1.05 bits per heavy atom. The lowest BCUT2D eigenvalue weighted by atomic mass is 10.3. The number of rotatable bonds is 7. The number of hydrogen-bond donors (Lipinski definition) is 1. The van der Waals surface area contributed by atoms with Crippen molar-refractivity contribution in [2.75, 3.05) is 34.9 Å². The number of azo groups is 1. The van der Waals surface area contributed by atoms with Gasteiger partial charge in [0.15, 0.2) is 0 Å². The molecule has 0 aliphatic rings. The smallest absolute Gasteiger partial charge is 0.131 e. The first-order valence-electron chi connectivity index (χ1n) is 6.22. The molecule has 0 atom stereocenters. The van der Waals surface area contributed by atoms with Crippen LogP contribution in [0, 0.1) is 0 Å². The molecule has 0 aliphatic heterocycles. The van der Waals surface area contributed by atoms with E-state index in [4.69, 9.17) is 0 Å². The normalized spacial score (nSPS) is 11.6. The van der Waals surface area contributed by atoms with E-state index in [-0.39, 0.29) is 0 Å². The van der Waals surface area contributed by atoms with Crippen molar-refractivity contribution in [2.24, 2.45) is 20.6 Å². The Morgan fingerprint density at radius 2 is 1.65 bits per heavy atom. The molecule has 0 saturated carbocycles. The van der Waals surface area contributed by atoms with Crippen molar-refractivity contribution >= 4 is 11.4 Å². The highest BCUT2D eigenvalue weighted by molar-refractivity contribution is 5.46. The van der Waals surface area contributed by atoms with Crippen LogP contribution in [0.25, 0.3) is 0 Å². The summed E-state index contributed by atoms with van der Waals surface area (Å²) in [7, 11) is 7.43. The molecule has 0 bridgehead atoms. The summed E-state index contributed by atoms with van der Waals surface area (Å²) in [5.41, 5.74) is 1.58. The van der Waals surface area contributed by atoms with Crippen molar-refractivity contribution in [3.63, 3.8) is 0 Å². The summed E-state index contributed by atoms with van der Waals surface area (Å²) >= 11 is 0. The van der Waals surface area contributed by atoms with Gasteiger partial charge in [0.05, 0.1) is 11.4 Å². The molecule has 0 spiro atoms.